The number of carbonyl (C=O) groups excluding carboxylic acids is 1. The summed E-state index contributed by atoms with van der Waals surface area (Å²) in [5, 5.41) is 22.7. The van der Waals surface area contributed by atoms with Gasteiger partial charge in [0.25, 0.3) is 5.69 Å². The van der Waals surface area contributed by atoms with Crippen molar-refractivity contribution >= 4 is 29.4 Å². The Morgan fingerprint density at radius 3 is 2.54 bits per heavy atom. The first-order valence-corrected chi connectivity index (χ1v) is 7.87. The lowest BCUT2D eigenvalue weighted by molar-refractivity contribution is -0.385. The average molecular weight is 379 g/mol. The Kier molecular flexibility index (Phi) is 6.51. The molecular weight excluding hydrogens is 364 g/mol. The molecule has 0 radical (unpaired) electrons. The largest absolute Gasteiger partial charge is 0.480 e. The molecule has 0 aliphatic rings. The van der Waals surface area contributed by atoms with Crippen molar-refractivity contribution in [1.29, 1.82) is 0 Å². The minimum Gasteiger partial charge on any atom is -0.480 e. The highest BCUT2D eigenvalue weighted by atomic mass is 35.5. The topological polar surface area (TPSA) is 119 Å². The smallest absolute Gasteiger partial charge is 0.408 e. The van der Waals surface area contributed by atoms with E-state index in [0.717, 1.165) is 11.6 Å². The van der Waals surface area contributed by atoms with Crippen LogP contribution >= 0.6 is 11.6 Å². The number of nitrogens with zero attached hydrogens (tertiary/aromatic N) is 1. The molecular formula is C17H15ClN2O6. The Morgan fingerprint density at radius 1 is 1.23 bits per heavy atom. The van der Waals surface area contributed by atoms with E-state index in [1.54, 1.807) is 24.3 Å². The number of rotatable bonds is 7. The fraction of sp³-hybridized carbons (Fsp3) is 0.176. The number of carboxylic acids is 1. The first-order chi connectivity index (χ1) is 12.4. The van der Waals surface area contributed by atoms with Crippen molar-refractivity contribution in [2.24, 2.45) is 0 Å². The predicted octanol–water partition coefficient (Wildman–Crippen LogP) is 3.17. The maximum Gasteiger partial charge on any atom is 0.408 e. The van der Waals surface area contributed by atoms with Gasteiger partial charge in [-0.15, -0.1) is 0 Å². The van der Waals surface area contributed by atoms with Gasteiger partial charge in [0, 0.05) is 23.1 Å². The zero-order valence-electron chi connectivity index (χ0n) is 13.4. The summed E-state index contributed by atoms with van der Waals surface area (Å²) in [6.45, 7) is -0.0277. The molecule has 1 atom stereocenters. The second-order valence-corrected chi connectivity index (χ2v) is 5.77. The third-order valence-corrected chi connectivity index (χ3v) is 3.71. The van der Waals surface area contributed by atoms with Gasteiger partial charge in [0.1, 0.15) is 12.6 Å². The van der Waals surface area contributed by atoms with E-state index in [4.69, 9.17) is 16.3 Å². The van der Waals surface area contributed by atoms with Crippen LogP contribution in [0.2, 0.25) is 5.02 Å². The van der Waals surface area contributed by atoms with Crippen molar-refractivity contribution in [3.8, 4) is 0 Å². The summed E-state index contributed by atoms with van der Waals surface area (Å²) in [6.07, 6.45) is -1.22. The van der Waals surface area contributed by atoms with Gasteiger partial charge in [-0.05, 0) is 11.6 Å². The number of benzene rings is 2. The Hall–Kier alpha value is -3.13. The molecule has 9 heteroatoms. The molecule has 136 valence electrons. The third-order valence-electron chi connectivity index (χ3n) is 3.47. The second kappa shape index (κ2) is 8.82. The quantitative estimate of drug-likeness (QED) is 0.564. The lowest BCUT2D eigenvalue weighted by Gasteiger charge is -2.15. The van der Waals surface area contributed by atoms with Crippen LogP contribution in [0.1, 0.15) is 11.1 Å². The van der Waals surface area contributed by atoms with Crippen LogP contribution in [0.4, 0.5) is 10.5 Å². The van der Waals surface area contributed by atoms with Crippen LogP contribution in [0, 0.1) is 10.1 Å². The van der Waals surface area contributed by atoms with Crippen LogP contribution in [0.5, 0.6) is 0 Å². The monoisotopic (exact) mass is 378 g/mol. The molecule has 0 aliphatic carbocycles. The summed E-state index contributed by atoms with van der Waals surface area (Å²) in [4.78, 5) is 33.7. The van der Waals surface area contributed by atoms with E-state index in [1.165, 1.54) is 12.1 Å². The van der Waals surface area contributed by atoms with Gasteiger partial charge in [-0.25, -0.2) is 9.59 Å². The van der Waals surface area contributed by atoms with Gasteiger partial charge < -0.3 is 15.2 Å². The van der Waals surface area contributed by atoms with Crippen molar-refractivity contribution in [1.82, 2.24) is 5.32 Å². The van der Waals surface area contributed by atoms with Gasteiger partial charge in [-0.3, -0.25) is 10.1 Å². The molecule has 0 aliphatic heterocycles. The molecule has 0 aromatic heterocycles. The highest BCUT2D eigenvalue weighted by Crippen LogP contribution is 2.24. The molecule has 1 amide bonds. The zero-order valence-corrected chi connectivity index (χ0v) is 14.2. The normalized spacial score (nSPS) is 11.4. The summed E-state index contributed by atoms with van der Waals surface area (Å²) < 4.78 is 4.97. The lowest BCUT2D eigenvalue weighted by atomic mass is 10.0. The lowest BCUT2D eigenvalue weighted by Crippen LogP contribution is -2.42. The van der Waals surface area contributed by atoms with Gasteiger partial charge >= 0.3 is 12.1 Å². The summed E-state index contributed by atoms with van der Waals surface area (Å²) in [7, 11) is 0. The molecule has 0 heterocycles. The minimum atomic E-state index is -1.39. The van der Waals surface area contributed by atoms with E-state index in [1.807, 2.05) is 6.07 Å². The van der Waals surface area contributed by atoms with Crippen LogP contribution in [-0.4, -0.2) is 28.1 Å². The maximum atomic E-state index is 11.8. The molecule has 0 bridgehead atoms. The maximum absolute atomic E-state index is 11.8. The molecule has 2 aromatic carbocycles. The van der Waals surface area contributed by atoms with E-state index >= 15 is 0 Å². The van der Waals surface area contributed by atoms with E-state index in [9.17, 15) is 24.8 Å². The van der Waals surface area contributed by atoms with Crippen LogP contribution in [0.3, 0.4) is 0 Å². The van der Waals surface area contributed by atoms with Crippen molar-refractivity contribution in [2.75, 3.05) is 0 Å². The first-order valence-electron chi connectivity index (χ1n) is 7.49. The number of hydrogen-bond donors (Lipinski definition) is 2. The predicted molar refractivity (Wildman–Crippen MR) is 93.0 cm³/mol. The van der Waals surface area contributed by atoms with Crippen molar-refractivity contribution < 1.29 is 24.4 Å². The Labute approximate surface area is 153 Å². The molecule has 2 rings (SSSR count). The molecule has 26 heavy (non-hydrogen) atoms. The molecule has 0 fully saturated rings. The number of ether oxygens (including phenoxy) is 1. The van der Waals surface area contributed by atoms with Crippen LogP contribution < -0.4 is 5.32 Å². The third kappa shape index (κ3) is 5.45. The SMILES string of the molecule is O=C(NC(Cc1ccc(Cl)cc1[N+](=O)[O-])C(=O)O)OCc1ccccc1. The number of nitrogens with one attached hydrogen (secondary N) is 1. The van der Waals surface area contributed by atoms with E-state index < -0.39 is 23.0 Å². The van der Waals surface area contributed by atoms with Gasteiger partial charge in [0.2, 0.25) is 0 Å². The summed E-state index contributed by atoms with van der Waals surface area (Å²) in [6, 6.07) is 11.4. The zero-order chi connectivity index (χ0) is 19.1. The van der Waals surface area contributed by atoms with Crippen molar-refractivity contribution in [3.05, 3.63) is 74.8 Å². The summed E-state index contributed by atoms with van der Waals surface area (Å²) in [5.41, 5.74) is 0.557. The number of hydrogen-bond acceptors (Lipinski definition) is 5. The number of carbonyl (C=O) groups is 2. The Bertz CT molecular complexity index is 812. The summed E-state index contributed by atoms with van der Waals surface area (Å²) >= 11 is 5.73. The Morgan fingerprint density at radius 2 is 1.92 bits per heavy atom. The van der Waals surface area contributed by atoms with Crippen molar-refractivity contribution in [3.63, 3.8) is 0 Å². The standard InChI is InChI=1S/C17H15ClN2O6/c18-13-7-6-12(15(9-13)20(24)25)8-14(16(21)22)19-17(23)26-10-11-4-2-1-3-5-11/h1-7,9,14H,8,10H2,(H,19,23)(H,21,22). The van der Waals surface area contributed by atoms with Gasteiger partial charge in [-0.2, -0.15) is 0 Å². The molecule has 0 saturated carbocycles. The molecule has 0 spiro atoms. The van der Waals surface area contributed by atoms with Gasteiger partial charge in [0.15, 0.2) is 0 Å². The molecule has 2 N–H and O–H groups in total. The Balaban J connectivity index is 2.04. The number of carboxylic acid groups (broad SMARTS) is 1. The highest BCUT2D eigenvalue weighted by molar-refractivity contribution is 6.30. The molecule has 8 nitrogen and oxygen atoms in total. The number of amides is 1. The number of nitro benzene ring substituents is 1. The summed E-state index contributed by atoms with van der Waals surface area (Å²) in [5.74, 6) is -1.34. The fourth-order valence-electron chi connectivity index (χ4n) is 2.21. The number of halogens is 1. The van der Waals surface area contributed by atoms with Crippen LogP contribution in [-0.2, 0) is 22.6 Å². The van der Waals surface area contributed by atoms with Crippen LogP contribution in [0.25, 0.3) is 0 Å². The van der Waals surface area contributed by atoms with Crippen molar-refractivity contribution in [2.45, 2.75) is 19.1 Å². The molecule has 2 aromatic rings. The van der Waals surface area contributed by atoms with Gasteiger partial charge in [0.05, 0.1) is 4.92 Å². The molecule has 0 saturated heterocycles. The first kappa shape index (κ1) is 19.2. The highest BCUT2D eigenvalue weighted by Gasteiger charge is 2.25. The van der Waals surface area contributed by atoms with Crippen LogP contribution in [0.15, 0.2) is 48.5 Å². The number of alkyl carbamates (subject to hydrolysis) is 1. The molecule has 1 unspecified atom stereocenters. The number of nitro groups is 1. The van der Waals surface area contributed by atoms with E-state index in [-0.39, 0.29) is 29.3 Å². The number of aliphatic carboxylic acids is 1. The fourth-order valence-corrected chi connectivity index (χ4v) is 2.37. The second-order valence-electron chi connectivity index (χ2n) is 5.33. The minimum absolute atomic E-state index is 0.0277. The average Bonchev–Trinajstić information content (AvgIpc) is 2.61. The van der Waals surface area contributed by atoms with Gasteiger partial charge in [-0.1, -0.05) is 48.0 Å². The van der Waals surface area contributed by atoms with E-state index in [2.05, 4.69) is 5.32 Å². The van der Waals surface area contributed by atoms with E-state index in [0.29, 0.717) is 0 Å².